The van der Waals surface area contributed by atoms with E-state index in [1.807, 2.05) is 60.7 Å². The fourth-order valence-corrected chi connectivity index (χ4v) is 2.25. The SMILES string of the molecule is O=C(NCCc1ccccc1)c1ocnc1-c1ccccc1. The number of hydrogen-bond acceptors (Lipinski definition) is 3. The Morgan fingerprint density at radius 2 is 1.68 bits per heavy atom. The van der Waals surface area contributed by atoms with Gasteiger partial charge in [-0.1, -0.05) is 60.7 Å². The van der Waals surface area contributed by atoms with Crippen LogP contribution in [0, 0.1) is 0 Å². The molecule has 1 N–H and O–H groups in total. The van der Waals surface area contributed by atoms with E-state index in [1.165, 1.54) is 12.0 Å². The Labute approximate surface area is 128 Å². The minimum Gasteiger partial charge on any atom is -0.438 e. The second-order valence-electron chi connectivity index (χ2n) is 4.89. The predicted octanol–water partition coefficient (Wildman–Crippen LogP) is 3.31. The molecule has 0 aliphatic rings. The molecule has 0 fully saturated rings. The van der Waals surface area contributed by atoms with Crippen LogP contribution in [0.4, 0.5) is 0 Å². The number of rotatable bonds is 5. The largest absolute Gasteiger partial charge is 0.438 e. The zero-order chi connectivity index (χ0) is 15.2. The molecule has 0 spiro atoms. The fourth-order valence-electron chi connectivity index (χ4n) is 2.25. The second kappa shape index (κ2) is 6.72. The molecule has 0 saturated heterocycles. The van der Waals surface area contributed by atoms with Crippen molar-refractivity contribution in [1.29, 1.82) is 0 Å². The number of carbonyl (C=O) groups is 1. The van der Waals surface area contributed by atoms with Crippen LogP contribution in [-0.4, -0.2) is 17.4 Å². The zero-order valence-electron chi connectivity index (χ0n) is 12.0. The number of hydrogen-bond donors (Lipinski definition) is 1. The molecule has 0 saturated carbocycles. The summed E-state index contributed by atoms with van der Waals surface area (Å²) in [4.78, 5) is 16.4. The van der Waals surface area contributed by atoms with Gasteiger partial charge in [-0.15, -0.1) is 0 Å². The lowest BCUT2D eigenvalue weighted by molar-refractivity contribution is 0.0927. The van der Waals surface area contributed by atoms with Crippen LogP contribution in [0.25, 0.3) is 11.3 Å². The highest BCUT2D eigenvalue weighted by atomic mass is 16.3. The number of nitrogens with one attached hydrogen (secondary N) is 1. The lowest BCUT2D eigenvalue weighted by Gasteiger charge is -2.05. The number of aromatic nitrogens is 1. The van der Waals surface area contributed by atoms with Gasteiger partial charge in [0, 0.05) is 12.1 Å². The van der Waals surface area contributed by atoms with Crippen molar-refractivity contribution in [2.75, 3.05) is 6.54 Å². The predicted molar refractivity (Wildman–Crippen MR) is 84.4 cm³/mol. The van der Waals surface area contributed by atoms with Crippen LogP contribution in [0.15, 0.2) is 71.5 Å². The van der Waals surface area contributed by atoms with E-state index in [0.717, 1.165) is 12.0 Å². The summed E-state index contributed by atoms with van der Waals surface area (Å²) < 4.78 is 5.26. The molecule has 0 bridgehead atoms. The molecule has 1 aromatic heterocycles. The fraction of sp³-hybridized carbons (Fsp3) is 0.111. The molecule has 4 heteroatoms. The Morgan fingerprint density at radius 1 is 1.00 bits per heavy atom. The molecule has 0 unspecified atom stereocenters. The van der Waals surface area contributed by atoms with E-state index in [2.05, 4.69) is 10.3 Å². The van der Waals surface area contributed by atoms with E-state index in [4.69, 9.17) is 4.42 Å². The number of amides is 1. The minimum absolute atomic E-state index is 0.243. The lowest BCUT2D eigenvalue weighted by Crippen LogP contribution is -2.25. The molecule has 22 heavy (non-hydrogen) atoms. The molecule has 0 atom stereocenters. The van der Waals surface area contributed by atoms with Crippen LogP contribution < -0.4 is 5.32 Å². The summed E-state index contributed by atoms with van der Waals surface area (Å²) in [6, 6.07) is 19.6. The Bertz CT molecular complexity index is 736. The van der Waals surface area contributed by atoms with Gasteiger partial charge in [-0.3, -0.25) is 4.79 Å². The summed E-state index contributed by atoms with van der Waals surface area (Å²) in [6.07, 6.45) is 2.08. The molecule has 0 radical (unpaired) electrons. The first-order valence-corrected chi connectivity index (χ1v) is 7.15. The number of oxazole rings is 1. The Kier molecular flexibility index (Phi) is 4.30. The smallest absolute Gasteiger partial charge is 0.289 e. The second-order valence-corrected chi connectivity index (χ2v) is 4.89. The van der Waals surface area contributed by atoms with Gasteiger partial charge in [0.15, 0.2) is 6.39 Å². The summed E-state index contributed by atoms with van der Waals surface area (Å²) in [6.45, 7) is 0.553. The molecule has 3 rings (SSSR count). The summed E-state index contributed by atoms with van der Waals surface area (Å²) in [7, 11) is 0. The first-order chi connectivity index (χ1) is 10.8. The third kappa shape index (κ3) is 3.23. The number of nitrogens with zero attached hydrogens (tertiary/aromatic N) is 1. The third-order valence-electron chi connectivity index (χ3n) is 3.36. The van der Waals surface area contributed by atoms with Gasteiger partial charge in [0.25, 0.3) is 5.91 Å². The Balaban J connectivity index is 1.65. The van der Waals surface area contributed by atoms with E-state index in [-0.39, 0.29) is 11.7 Å². The topological polar surface area (TPSA) is 55.1 Å². The van der Waals surface area contributed by atoms with Crippen molar-refractivity contribution in [2.24, 2.45) is 0 Å². The average molecular weight is 292 g/mol. The van der Waals surface area contributed by atoms with E-state index < -0.39 is 0 Å². The van der Waals surface area contributed by atoms with Gasteiger partial charge in [-0.05, 0) is 12.0 Å². The summed E-state index contributed by atoms with van der Waals surface area (Å²) >= 11 is 0. The third-order valence-corrected chi connectivity index (χ3v) is 3.36. The molecule has 4 nitrogen and oxygen atoms in total. The van der Waals surface area contributed by atoms with Crippen LogP contribution in [0.5, 0.6) is 0 Å². The first-order valence-electron chi connectivity index (χ1n) is 7.15. The van der Waals surface area contributed by atoms with Gasteiger partial charge < -0.3 is 9.73 Å². The van der Waals surface area contributed by atoms with Crippen molar-refractivity contribution in [2.45, 2.75) is 6.42 Å². The maximum Gasteiger partial charge on any atom is 0.289 e. The quantitative estimate of drug-likeness (QED) is 0.785. The van der Waals surface area contributed by atoms with Crippen LogP contribution in [0.3, 0.4) is 0 Å². The highest BCUT2D eigenvalue weighted by Gasteiger charge is 2.17. The molecular formula is C18H16N2O2. The molecule has 0 aliphatic carbocycles. The van der Waals surface area contributed by atoms with Gasteiger partial charge in [0.2, 0.25) is 5.76 Å². The van der Waals surface area contributed by atoms with Crippen LogP contribution in [-0.2, 0) is 6.42 Å². The summed E-state index contributed by atoms with van der Waals surface area (Å²) in [5, 5.41) is 2.87. The average Bonchev–Trinajstić information content (AvgIpc) is 3.06. The van der Waals surface area contributed by atoms with Crippen LogP contribution in [0.1, 0.15) is 16.1 Å². The van der Waals surface area contributed by atoms with Crippen molar-refractivity contribution >= 4 is 5.91 Å². The van der Waals surface area contributed by atoms with E-state index in [1.54, 1.807) is 0 Å². The molecule has 2 aromatic carbocycles. The Hall–Kier alpha value is -2.88. The maximum atomic E-state index is 12.2. The van der Waals surface area contributed by atoms with Gasteiger partial charge in [-0.2, -0.15) is 0 Å². The molecule has 0 aliphatic heterocycles. The normalized spacial score (nSPS) is 10.4. The van der Waals surface area contributed by atoms with E-state index in [0.29, 0.717) is 12.2 Å². The Morgan fingerprint density at radius 3 is 2.41 bits per heavy atom. The maximum absolute atomic E-state index is 12.2. The molecule has 1 amide bonds. The molecule has 1 heterocycles. The van der Waals surface area contributed by atoms with Crippen LogP contribution in [0.2, 0.25) is 0 Å². The van der Waals surface area contributed by atoms with Crippen LogP contribution >= 0.6 is 0 Å². The van der Waals surface area contributed by atoms with Gasteiger partial charge in [-0.25, -0.2) is 4.98 Å². The van der Waals surface area contributed by atoms with E-state index >= 15 is 0 Å². The number of benzene rings is 2. The zero-order valence-corrected chi connectivity index (χ0v) is 12.0. The highest BCUT2D eigenvalue weighted by Crippen LogP contribution is 2.21. The van der Waals surface area contributed by atoms with Gasteiger partial charge >= 0.3 is 0 Å². The standard InChI is InChI=1S/C18H16N2O2/c21-18(19-12-11-14-7-3-1-4-8-14)17-16(20-13-22-17)15-9-5-2-6-10-15/h1-10,13H,11-12H2,(H,19,21). The summed E-state index contributed by atoms with van der Waals surface area (Å²) in [5.41, 5.74) is 2.62. The van der Waals surface area contributed by atoms with Crippen molar-refractivity contribution in [3.8, 4) is 11.3 Å². The van der Waals surface area contributed by atoms with Gasteiger partial charge in [0.1, 0.15) is 5.69 Å². The first kappa shape index (κ1) is 14.1. The molecule has 110 valence electrons. The lowest BCUT2D eigenvalue weighted by atomic mass is 10.1. The van der Waals surface area contributed by atoms with Crippen molar-refractivity contribution in [3.05, 3.63) is 78.4 Å². The van der Waals surface area contributed by atoms with Gasteiger partial charge in [0.05, 0.1) is 0 Å². The van der Waals surface area contributed by atoms with Crippen molar-refractivity contribution < 1.29 is 9.21 Å². The highest BCUT2D eigenvalue weighted by molar-refractivity contribution is 5.97. The summed E-state index contributed by atoms with van der Waals surface area (Å²) in [5.74, 6) is 0.00606. The minimum atomic E-state index is -0.243. The number of carbonyl (C=O) groups excluding carboxylic acids is 1. The van der Waals surface area contributed by atoms with E-state index in [9.17, 15) is 4.79 Å². The molecule has 3 aromatic rings. The van der Waals surface area contributed by atoms with Crippen molar-refractivity contribution in [3.63, 3.8) is 0 Å². The molecular weight excluding hydrogens is 276 g/mol. The monoisotopic (exact) mass is 292 g/mol. The van der Waals surface area contributed by atoms with Crippen molar-refractivity contribution in [1.82, 2.24) is 10.3 Å².